The first kappa shape index (κ1) is 13.9. The lowest BCUT2D eigenvalue weighted by Gasteiger charge is -2.07. The van der Waals surface area contributed by atoms with E-state index < -0.39 is 10.0 Å². The van der Waals surface area contributed by atoms with Crippen LogP contribution in [-0.4, -0.2) is 18.6 Å². The van der Waals surface area contributed by atoms with E-state index in [1.54, 1.807) is 6.92 Å². The van der Waals surface area contributed by atoms with Crippen LogP contribution in [-0.2, 0) is 10.0 Å². The van der Waals surface area contributed by atoms with Crippen molar-refractivity contribution < 1.29 is 8.42 Å². The fourth-order valence-corrected chi connectivity index (χ4v) is 3.07. The monoisotopic (exact) mass is 344 g/mol. The van der Waals surface area contributed by atoms with E-state index in [2.05, 4.69) is 30.8 Å². The summed E-state index contributed by atoms with van der Waals surface area (Å²) < 4.78 is 27.4. The molecule has 0 saturated heterocycles. The number of nitrogens with zero attached hydrogens (tertiary/aromatic N) is 1. The van der Waals surface area contributed by atoms with E-state index in [9.17, 15) is 8.42 Å². The van der Waals surface area contributed by atoms with Crippen LogP contribution in [0, 0.1) is 13.8 Å². The molecule has 0 aliphatic rings. The Balaban J connectivity index is 2.37. The highest BCUT2D eigenvalue weighted by atomic mass is 79.9. The lowest BCUT2D eigenvalue weighted by molar-refractivity contribution is 0.601. The number of sulfonamides is 1. The van der Waals surface area contributed by atoms with Crippen LogP contribution in [0.5, 0.6) is 0 Å². The predicted molar refractivity (Wildman–Crippen MR) is 77.4 cm³/mol. The van der Waals surface area contributed by atoms with Gasteiger partial charge in [-0.3, -0.25) is 9.82 Å². The number of hydrogen-bond donors (Lipinski definition) is 3. The van der Waals surface area contributed by atoms with Crippen molar-refractivity contribution in [1.29, 1.82) is 0 Å². The van der Waals surface area contributed by atoms with Crippen LogP contribution in [0.15, 0.2) is 27.6 Å². The molecule has 0 unspecified atom stereocenters. The van der Waals surface area contributed by atoms with E-state index in [1.807, 2.05) is 6.92 Å². The second kappa shape index (κ2) is 4.86. The van der Waals surface area contributed by atoms with Gasteiger partial charge in [-0.25, -0.2) is 8.42 Å². The summed E-state index contributed by atoms with van der Waals surface area (Å²) in [4.78, 5) is 0.119. The van der Waals surface area contributed by atoms with Gasteiger partial charge in [-0.1, -0.05) is 0 Å². The van der Waals surface area contributed by atoms with E-state index in [4.69, 9.17) is 5.73 Å². The average Bonchev–Trinajstić information content (AvgIpc) is 2.64. The molecule has 0 atom stereocenters. The Morgan fingerprint density at radius 2 is 2.05 bits per heavy atom. The van der Waals surface area contributed by atoms with Gasteiger partial charge in [-0.15, -0.1) is 0 Å². The highest BCUT2D eigenvalue weighted by Gasteiger charge is 2.18. The van der Waals surface area contributed by atoms with Gasteiger partial charge in [0.05, 0.1) is 4.90 Å². The molecule has 0 aliphatic heterocycles. The maximum absolute atomic E-state index is 12.2. The minimum absolute atomic E-state index is 0.119. The van der Waals surface area contributed by atoms with Gasteiger partial charge in [0.1, 0.15) is 0 Å². The summed E-state index contributed by atoms with van der Waals surface area (Å²) in [5.74, 6) is 0.297. The molecule has 102 valence electrons. The number of aryl methyl sites for hydroxylation is 1. The van der Waals surface area contributed by atoms with Crippen molar-refractivity contribution >= 4 is 37.5 Å². The Morgan fingerprint density at radius 3 is 2.58 bits per heavy atom. The maximum atomic E-state index is 12.2. The summed E-state index contributed by atoms with van der Waals surface area (Å²) in [5, 5.41) is 6.64. The standard InChI is InChI=1S/C11H13BrN4O2S/c1-6-7(2)14-15-11(6)16-19(17,18)8-3-4-10(13)9(12)5-8/h3-5H,13H2,1-2H3,(H2,14,15,16). The van der Waals surface area contributed by atoms with Crippen molar-refractivity contribution in [2.45, 2.75) is 18.7 Å². The Bertz CT molecular complexity index is 724. The van der Waals surface area contributed by atoms with Crippen molar-refractivity contribution in [3.8, 4) is 0 Å². The molecule has 0 spiro atoms. The van der Waals surface area contributed by atoms with Gasteiger partial charge in [0.2, 0.25) is 0 Å². The second-order valence-electron chi connectivity index (χ2n) is 4.11. The molecule has 4 N–H and O–H groups in total. The lowest BCUT2D eigenvalue weighted by atomic mass is 10.3. The third-order valence-corrected chi connectivity index (χ3v) is 4.79. The van der Waals surface area contributed by atoms with Gasteiger partial charge in [-0.2, -0.15) is 5.10 Å². The molecule has 19 heavy (non-hydrogen) atoms. The Morgan fingerprint density at radius 1 is 1.37 bits per heavy atom. The minimum Gasteiger partial charge on any atom is -0.398 e. The highest BCUT2D eigenvalue weighted by molar-refractivity contribution is 9.10. The molecule has 6 nitrogen and oxygen atoms in total. The van der Waals surface area contributed by atoms with Gasteiger partial charge in [-0.05, 0) is 48.0 Å². The van der Waals surface area contributed by atoms with Crippen molar-refractivity contribution in [2.75, 3.05) is 10.5 Å². The molecule has 1 aromatic carbocycles. The van der Waals surface area contributed by atoms with Crippen LogP contribution in [0.1, 0.15) is 11.3 Å². The van der Waals surface area contributed by atoms with E-state index in [1.165, 1.54) is 18.2 Å². The molecule has 0 bridgehead atoms. The fourth-order valence-electron chi connectivity index (χ4n) is 1.45. The van der Waals surface area contributed by atoms with E-state index in [-0.39, 0.29) is 4.90 Å². The number of nitrogen functional groups attached to an aromatic ring is 1. The van der Waals surface area contributed by atoms with Gasteiger partial charge in [0, 0.05) is 21.4 Å². The first-order valence-corrected chi connectivity index (χ1v) is 7.68. The number of nitrogens with two attached hydrogens (primary N) is 1. The molecule has 0 fully saturated rings. The molecule has 2 rings (SSSR count). The zero-order valence-corrected chi connectivity index (χ0v) is 12.8. The number of rotatable bonds is 3. The first-order valence-electron chi connectivity index (χ1n) is 5.40. The molecular formula is C11H13BrN4O2S. The average molecular weight is 345 g/mol. The molecule has 1 aromatic heterocycles. The number of halogens is 1. The van der Waals surface area contributed by atoms with Crippen LogP contribution in [0.3, 0.4) is 0 Å². The minimum atomic E-state index is -3.68. The van der Waals surface area contributed by atoms with Gasteiger partial charge in [0.25, 0.3) is 10.0 Å². The van der Waals surface area contributed by atoms with Crippen LogP contribution < -0.4 is 10.5 Å². The molecule has 2 aromatic rings. The summed E-state index contributed by atoms with van der Waals surface area (Å²) in [6.45, 7) is 3.61. The zero-order chi connectivity index (χ0) is 14.2. The summed E-state index contributed by atoms with van der Waals surface area (Å²) in [7, 11) is -3.68. The lowest BCUT2D eigenvalue weighted by Crippen LogP contribution is -2.14. The van der Waals surface area contributed by atoms with E-state index in [0.717, 1.165) is 11.3 Å². The molecule has 0 amide bonds. The summed E-state index contributed by atoms with van der Waals surface area (Å²) in [6.07, 6.45) is 0. The Labute approximate surface area is 119 Å². The number of benzene rings is 1. The number of nitrogens with one attached hydrogen (secondary N) is 2. The van der Waals surface area contributed by atoms with Crippen molar-refractivity contribution in [2.24, 2.45) is 0 Å². The normalized spacial score (nSPS) is 11.5. The SMILES string of the molecule is Cc1[nH]nc(NS(=O)(=O)c2ccc(N)c(Br)c2)c1C. The Hall–Kier alpha value is -1.54. The number of anilines is 2. The van der Waals surface area contributed by atoms with Crippen molar-refractivity contribution in [3.05, 3.63) is 33.9 Å². The van der Waals surface area contributed by atoms with Crippen molar-refractivity contribution in [1.82, 2.24) is 10.2 Å². The topological polar surface area (TPSA) is 101 Å². The quantitative estimate of drug-likeness (QED) is 0.742. The number of hydrogen-bond acceptors (Lipinski definition) is 4. The van der Waals surface area contributed by atoms with Gasteiger partial charge in [0.15, 0.2) is 5.82 Å². The first-order chi connectivity index (χ1) is 8.81. The number of aromatic nitrogens is 2. The maximum Gasteiger partial charge on any atom is 0.263 e. The van der Waals surface area contributed by atoms with Gasteiger partial charge >= 0.3 is 0 Å². The van der Waals surface area contributed by atoms with Crippen LogP contribution in [0.2, 0.25) is 0 Å². The number of H-pyrrole nitrogens is 1. The van der Waals surface area contributed by atoms with Crippen molar-refractivity contribution in [3.63, 3.8) is 0 Å². The van der Waals surface area contributed by atoms with E-state index >= 15 is 0 Å². The zero-order valence-electron chi connectivity index (χ0n) is 10.4. The Kier molecular flexibility index (Phi) is 3.55. The summed E-state index contributed by atoms with van der Waals surface area (Å²) >= 11 is 3.20. The van der Waals surface area contributed by atoms with E-state index in [0.29, 0.717) is 16.0 Å². The third kappa shape index (κ3) is 2.74. The highest BCUT2D eigenvalue weighted by Crippen LogP contribution is 2.25. The predicted octanol–water partition coefficient (Wildman–Crippen LogP) is 2.17. The third-order valence-electron chi connectivity index (χ3n) is 2.77. The van der Waals surface area contributed by atoms with Crippen LogP contribution in [0.25, 0.3) is 0 Å². The summed E-state index contributed by atoms with van der Waals surface area (Å²) in [5.41, 5.74) is 7.69. The molecule has 8 heteroatoms. The second-order valence-corrected chi connectivity index (χ2v) is 6.65. The van der Waals surface area contributed by atoms with Gasteiger partial charge < -0.3 is 5.73 Å². The van der Waals surface area contributed by atoms with Crippen LogP contribution >= 0.6 is 15.9 Å². The molecular weight excluding hydrogens is 332 g/mol. The van der Waals surface area contributed by atoms with Crippen LogP contribution in [0.4, 0.5) is 11.5 Å². The molecule has 0 aliphatic carbocycles. The number of aromatic amines is 1. The smallest absolute Gasteiger partial charge is 0.263 e. The molecule has 0 radical (unpaired) electrons. The molecule has 1 heterocycles. The molecule has 0 saturated carbocycles. The largest absolute Gasteiger partial charge is 0.398 e. The summed E-state index contributed by atoms with van der Waals surface area (Å²) in [6, 6.07) is 4.42. The fraction of sp³-hybridized carbons (Fsp3) is 0.182.